The van der Waals surface area contributed by atoms with Crippen LogP contribution >= 0.6 is 11.6 Å². The molecule has 2 aliphatic rings. The standard InChI is InChI=1S/C21H29ClN4O4/c22-16-5-3-15(4-6-16)20(28)24-18(7-8-19(23)27)21(29)26-11-9-25(10-12-26)14-17-2-1-13-30-17/h3-6,17-18H,1-2,7-14H2,(H2,23,27)(H,24,28). The highest BCUT2D eigenvalue weighted by Gasteiger charge is 2.30. The molecule has 0 bridgehead atoms. The van der Waals surface area contributed by atoms with Gasteiger partial charge < -0.3 is 20.7 Å². The molecule has 2 atom stereocenters. The fraction of sp³-hybridized carbons (Fsp3) is 0.571. The summed E-state index contributed by atoms with van der Waals surface area (Å²) in [6.07, 6.45) is 2.68. The van der Waals surface area contributed by atoms with E-state index in [1.54, 1.807) is 29.2 Å². The summed E-state index contributed by atoms with van der Waals surface area (Å²) >= 11 is 5.87. The third kappa shape index (κ3) is 6.42. The first-order valence-electron chi connectivity index (χ1n) is 10.4. The molecule has 2 aliphatic heterocycles. The number of nitrogens with one attached hydrogen (secondary N) is 1. The molecule has 2 fully saturated rings. The molecule has 8 nitrogen and oxygen atoms in total. The van der Waals surface area contributed by atoms with Crippen molar-refractivity contribution in [3.8, 4) is 0 Å². The number of amides is 3. The van der Waals surface area contributed by atoms with Crippen molar-refractivity contribution >= 4 is 29.3 Å². The molecule has 164 valence electrons. The Morgan fingerprint density at radius 2 is 1.87 bits per heavy atom. The van der Waals surface area contributed by atoms with Crippen LogP contribution in [0.15, 0.2) is 24.3 Å². The lowest BCUT2D eigenvalue weighted by atomic mass is 10.1. The van der Waals surface area contributed by atoms with Gasteiger partial charge in [0.05, 0.1) is 6.10 Å². The lowest BCUT2D eigenvalue weighted by Crippen LogP contribution is -2.55. The van der Waals surface area contributed by atoms with E-state index in [1.807, 2.05) is 0 Å². The van der Waals surface area contributed by atoms with Crippen LogP contribution in [0.4, 0.5) is 0 Å². The monoisotopic (exact) mass is 436 g/mol. The predicted molar refractivity (Wildman–Crippen MR) is 113 cm³/mol. The summed E-state index contributed by atoms with van der Waals surface area (Å²) in [6.45, 7) is 4.40. The summed E-state index contributed by atoms with van der Waals surface area (Å²) in [7, 11) is 0. The second-order valence-electron chi connectivity index (χ2n) is 7.80. The molecule has 3 amide bonds. The highest BCUT2D eigenvalue weighted by molar-refractivity contribution is 6.30. The number of rotatable bonds is 8. The number of hydrogen-bond donors (Lipinski definition) is 2. The number of hydrogen-bond acceptors (Lipinski definition) is 5. The molecule has 3 rings (SSSR count). The number of nitrogens with zero attached hydrogens (tertiary/aromatic N) is 2. The van der Waals surface area contributed by atoms with E-state index >= 15 is 0 Å². The fourth-order valence-electron chi connectivity index (χ4n) is 3.83. The molecular formula is C21H29ClN4O4. The molecule has 0 saturated carbocycles. The average molecular weight is 437 g/mol. The number of piperazine rings is 1. The van der Waals surface area contributed by atoms with Crippen LogP contribution in [-0.4, -0.2) is 79.0 Å². The smallest absolute Gasteiger partial charge is 0.251 e. The van der Waals surface area contributed by atoms with Gasteiger partial charge in [-0.1, -0.05) is 11.6 Å². The van der Waals surface area contributed by atoms with Gasteiger partial charge in [-0.25, -0.2) is 0 Å². The SMILES string of the molecule is NC(=O)CCC(NC(=O)c1ccc(Cl)cc1)C(=O)N1CCN(CC2CCCO2)CC1. The van der Waals surface area contributed by atoms with Crippen LogP contribution in [-0.2, 0) is 14.3 Å². The van der Waals surface area contributed by atoms with Crippen LogP contribution in [0.1, 0.15) is 36.0 Å². The molecule has 1 aromatic carbocycles. The maximum absolute atomic E-state index is 13.1. The molecular weight excluding hydrogens is 408 g/mol. The third-order valence-corrected chi connectivity index (χ3v) is 5.81. The van der Waals surface area contributed by atoms with Crippen molar-refractivity contribution in [1.29, 1.82) is 0 Å². The van der Waals surface area contributed by atoms with Crippen LogP contribution in [0.5, 0.6) is 0 Å². The lowest BCUT2D eigenvalue weighted by Gasteiger charge is -2.37. The Balaban J connectivity index is 1.57. The van der Waals surface area contributed by atoms with Crippen LogP contribution < -0.4 is 11.1 Å². The maximum Gasteiger partial charge on any atom is 0.251 e. The quantitative estimate of drug-likeness (QED) is 0.633. The number of benzene rings is 1. The van der Waals surface area contributed by atoms with Crippen molar-refractivity contribution in [1.82, 2.24) is 15.1 Å². The highest BCUT2D eigenvalue weighted by atomic mass is 35.5. The zero-order valence-electron chi connectivity index (χ0n) is 17.0. The summed E-state index contributed by atoms with van der Waals surface area (Å²) in [5, 5.41) is 3.28. The number of nitrogens with two attached hydrogens (primary N) is 1. The van der Waals surface area contributed by atoms with Gasteiger partial charge in [0.1, 0.15) is 6.04 Å². The van der Waals surface area contributed by atoms with Crippen molar-refractivity contribution in [2.24, 2.45) is 5.73 Å². The van der Waals surface area contributed by atoms with E-state index < -0.39 is 11.9 Å². The summed E-state index contributed by atoms with van der Waals surface area (Å²) in [6, 6.07) is 5.62. The second kappa shape index (κ2) is 10.7. The summed E-state index contributed by atoms with van der Waals surface area (Å²) in [5.74, 6) is -1.07. The number of carbonyl (C=O) groups excluding carboxylic acids is 3. The molecule has 0 spiro atoms. The third-order valence-electron chi connectivity index (χ3n) is 5.56. The van der Waals surface area contributed by atoms with Crippen molar-refractivity contribution in [2.45, 2.75) is 37.8 Å². The van der Waals surface area contributed by atoms with Crippen LogP contribution in [0.25, 0.3) is 0 Å². The normalized spacial score (nSPS) is 20.7. The van der Waals surface area contributed by atoms with E-state index in [9.17, 15) is 14.4 Å². The minimum absolute atomic E-state index is 0.0241. The van der Waals surface area contributed by atoms with E-state index in [-0.39, 0.29) is 30.8 Å². The van der Waals surface area contributed by atoms with Gasteiger partial charge in [0, 0.05) is 56.3 Å². The molecule has 2 saturated heterocycles. The lowest BCUT2D eigenvalue weighted by molar-refractivity contribution is -0.135. The number of primary amides is 1. The van der Waals surface area contributed by atoms with Crippen molar-refractivity contribution in [3.05, 3.63) is 34.9 Å². The van der Waals surface area contributed by atoms with Gasteiger partial charge in [0.2, 0.25) is 11.8 Å². The van der Waals surface area contributed by atoms with E-state index in [1.165, 1.54) is 0 Å². The largest absolute Gasteiger partial charge is 0.377 e. The minimum Gasteiger partial charge on any atom is -0.377 e. The summed E-state index contributed by atoms with van der Waals surface area (Å²) in [4.78, 5) is 41.0. The first-order chi connectivity index (χ1) is 14.4. The molecule has 0 aliphatic carbocycles. The summed E-state index contributed by atoms with van der Waals surface area (Å²) < 4.78 is 5.69. The molecule has 2 unspecified atom stereocenters. The van der Waals surface area contributed by atoms with E-state index in [0.717, 1.165) is 39.1 Å². The van der Waals surface area contributed by atoms with Crippen molar-refractivity contribution < 1.29 is 19.1 Å². The first-order valence-corrected chi connectivity index (χ1v) is 10.8. The Morgan fingerprint density at radius 1 is 1.17 bits per heavy atom. The van der Waals surface area contributed by atoms with Gasteiger partial charge in [-0.05, 0) is 43.5 Å². The van der Waals surface area contributed by atoms with E-state index in [2.05, 4.69) is 10.2 Å². The zero-order chi connectivity index (χ0) is 21.5. The number of carbonyl (C=O) groups is 3. The molecule has 30 heavy (non-hydrogen) atoms. The molecule has 0 aromatic heterocycles. The van der Waals surface area contributed by atoms with Gasteiger partial charge >= 0.3 is 0 Å². The van der Waals surface area contributed by atoms with E-state index in [0.29, 0.717) is 23.7 Å². The predicted octanol–water partition coefficient (Wildman–Crippen LogP) is 1.03. The Labute approximate surface area is 181 Å². The topological polar surface area (TPSA) is 105 Å². The Kier molecular flexibility index (Phi) is 8.07. The molecule has 9 heteroatoms. The van der Waals surface area contributed by atoms with Crippen molar-refractivity contribution in [2.75, 3.05) is 39.3 Å². The highest BCUT2D eigenvalue weighted by Crippen LogP contribution is 2.16. The van der Waals surface area contributed by atoms with Gasteiger partial charge in [-0.15, -0.1) is 0 Å². The first kappa shape index (κ1) is 22.5. The molecule has 1 aromatic rings. The van der Waals surface area contributed by atoms with Crippen molar-refractivity contribution in [3.63, 3.8) is 0 Å². The van der Waals surface area contributed by atoms with Gasteiger partial charge in [-0.3, -0.25) is 19.3 Å². The van der Waals surface area contributed by atoms with Gasteiger partial charge in [-0.2, -0.15) is 0 Å². The minimum atomic E-state index is -0.801. The van der Waals surface area contributed by atoms with Gasteiger partial charge in [0.15, 0.2) is 0 Å². The summed E-state index contributed by atoms with van der Waals surface area (Å²) in [5.41, 5.74) is 5.66. The Morgan fingerprint density at radius 3 is 2.47 bits per heavy atom. The van der Waals surface area contributed by atoms with Gasteiger partial charge in [0.25, 0.3) is 5.91 Å². The number of ether oxygens (including phenoxy) is 1. The molecule has 3 N–H and O–H groups in total. The fourth-order valence-corrected chi connectivity index (χ4v) is 3.96. The zero-order valence-corrected chi connectivity index (χ0v) is 17.8. The van der Waals surface area contributed by atoms with Crippen LogP contribution in [0.2, 0.25) is 5.02 Å². The molecule has 0 radical (unpaired) electrons. The second-order valence-corrected chi connectivity index (χ2v) is 8.24. The average Bonchev–Trinajstić information content (AvgIpc) is 3.24. The maximum atomic E-state index is 13.1. The van der Waals surface area contributed by atoms with E-state index in [4.69, 9.17) is 22.1 Å². The molecule has 2 heterocycles. The van der Waals surface area contributed by atoms with Crippen LogP contribution in [0.3, 0.4) is 0 Å². The Hall–Kier alpha value is -2.16. The number of halogens is 1. The van der Waals surface area contributed by atoms with Crippen LogP contribution in [0, 0.1) is 0 Å². The Bertz CT molecular complexity index is 744.